The summed E-state index contributed by atoms with van der Waals surface area (Å²) in [6, 6.07) is 38.7. The third-order valence-electron chi connectivity index (χ3n) is 7.45. The van der Waals surface area contributed by atoms with E-state index in [0.717, 1.165) is 28.7 Å². The van der Waals surface area contributed by atoms with Gasteiger partial charge in [0.1, 0.15) is 23.0 Å². The van der Waals surface area contributed by atoms with Crippen molar-refractivity contribution in [3.8, 4) is 23.0 Å². The number of para-hydroxylation sites is 1. The van der Waals surface area contributed by atoms with Crippen LogP contribution in [-0.2, 0) is 0 Å². The number of hydrogen-bond donors (Lipinski definition) is 0. The summed E-state index contributed by atoms with van der Waals surface area (Å²) in [7, 11) is -0.859. The van der Waals surface area contributed by atoms with Crippen LogP contribution < -0.4 is 30.3 Å². The van der Waals surface area contributed by atoms with Crippen molar-refractivity contribution in [3.63, 3.8) is 0 Å². The van der Waals surface area contributed by atoms with Crippen molar-refractivity contribution in [1.82, 2.24) is 0 Å². The average Bonchev–Trinajstić information content (AvgIpc) is 2.93. The van der Waals surface area contributed by atoms with Gasteiger partial charge in [-0.1, -0.05) is 72.8 Å². The summed E-state index contributed by atoms with van der Waals surface area (Å²) in [5, 5.41) is 8.57. The monoisotopic (exact) mass is 479 g/mol. The second-order valence-electron chi connectivity index (χ2n) is 9.40. The van der Waals surface area contributed by atoms with Gasteiger partial charge in [-0.15, -0.1) is 0 Å². The molecular formula is C32H18NO2P. The second kappa shape index (κ2) is 6.66. The SMILES string of the molecule is c1ccc(N2c3c4c(cc5ccccc35)Oc3cccc5c3P4c3c(cc4ccccc4c32)O5)cc1. The van der Waals surface area contributed by atoms with Crippen LogP contribution in [0, 0.1) is 0 Å². The minimum atomic E-state index is -0.859. The van der Waals surface area contributed by atoms with Crippen molar-refractivity contribution in [1.29, 1.82) is 0 Å². The van der Waals surface area contributed by atoms with Crippen LogP contribution in [0.5, 0.6) is 23.0 Å². The Morgan fingerprint density at radius 1 is 0.472 bits per heavy atom. The molecule has 0 spiro atoms. The molecule has 0 bridgehead atoms. The Hall–Kier alpha value is -4.33. The summed E-state index contributed by atoms with van der Waals surface area (Å²) in [5.74, 6) is 3.72. The zero-order valence-electron chi connectivity index (χ0n) is 19.1. The summed E-state index contributed by atoms with van der Waals surface area (Å²) in [6.45, 7) is 0. The molecule has 3 aliphatic heterocycles. The lowest BCUT2D eigenvalue weighted by Gasteiger charge is -2.44. The van der Waals surface area contributed by atoms with Gasteiger partial charge in [-0.2, -0.15) is 0 Å². The number of fused-ring (bicyclic) bond motifs is 4. The van der Waals surface area contributed by atoms with Gasteiger partial charge in [0.05, 0.1) is 27.3 Å². The van der Waals surface area contributed by atoms with Crippen LogP contribution in [0.3, 0.4) is 0 Å². The first kappa shape index (κ1) is 18.9. The van der Waals surface area contributed by atoms with Gasteiger partial charge in [-0.05, 0) is 47.2 Å². The molecule has 0 aliphatic carbocycles. The van der Waals surface area contributed by atoms with Crippen molar-refractivity contribution < 1.29 is 9.47 Å². The summed E-state index contributed by atoms with van der Waals surface area (Å²) >= 11 is 0. The highest BCUT2D eigenvalue weighted by Crippen LogP contribution is 2.62. The lowest BCUT2D eigenvalue weighted by atomic mass is 10.0. The van der Waals surface area contributed by atoms with E-state index in [2.05, 4.69) is 108 Å². The predicted molar refractivity (Wildman–Crippen MR) is 149 cm³/mol. The third-order valence-corrected chi connectivity index (χ3v) is 10.1. The van der Waals surface area contributed by atoms with E-state index < -0.39 is 7.92 Å². The van der Waals surface area contributed by atoms with Crippen molar-refractivity contribution in [3.05, 3.63) is 109 Å². The third kappa shape index (κ3) is 2.27. The van der Waals surface area contributed by atoms with Gasteiger partial charge in [-0.25, -0.2) is 0 Å². The lowest BCUT2D eigenvalue weighted by Crippen LogP contribution is -2.40. The van der Waals surface area contributed by atoms with Crippen LogP contribution in [0.1, 0.15) is 0 Å². The maximum atomic E-state index is 6.64. The zero-order chi connectivity index (χ0) is 23.4. The first-order valence-corrected chi connectivity index (χ1v) is 13.5. The van der Waals surface area contributed by atoms with Crippen LogP contribution >= 0.6 is 7.92 Å². The van der Waals surface area contributed by atoms with Crippen LogP contribution in [0.15, 0.2) is 109 Å². The van der Waals surface area contributed by atoms with Gasteiger partial charge in [0.25, 0.3) is 0 Å². The highest BCUT2D eigenvalue weighted by molar-refractivity contribution is 7.81. The molecule has 9 rings (SSSR count). The molecule has 168 valence electrons. The summed E-state index contributed by atoms with van der Waals surface area (Å²) in [4.78, 5) is 2.45. The van der Waals surface area contributed by atoms with Gasteiger partial charge in [0, 0.05) is 24.4 Å². The zero-order valence-corrected chi connectivity index (χ0v) is 20.0. The first-order chi connectivity index (χ1) is 17.9. The smallest absolute Gasteiger partial charge is 0.139 e. The van der Waals surface area contributed by atoms with E-state index in [4.69, 9.17) is 9.47 Å². The minimum absolute atomic E-state index is 0.859. The number of ether oxygens (including phenoxy) is 2. The number of anilines is 3. The van der Waals surface area contributed by atoms with Crippen LogP contribution in [0.2, 0.25) is 0 Å². The van der Waals surface area contributed by atoms with E-state index in [0.29, 0.717) is 0 Å². The highest BCUT2D eigenvalue weighted by atomic mass is 31.1. The van der Waals surface area contributed by atoms with Gasteiger partial charge < -0.3 is 14.4 Å². The molecule has 0 unspecified atom stereocenters. The van der Waals surface area contributed by atoms with E-state index in [-0.39, 0.29) is 0 Å². The molecule has 0 aromatic heterocycles. The molecule has 36 heavy (non-hydrogen) atoms. The molecule has 0 amide bonds. The average molecular weight is 479 g/mol. The maximum Gasteiger partial charge on any atom is 0.139 e. The van der Waals surface area contributed by atoms with Crippen LogP contribution in [0.25, 0.3) is 21.5 Å². The molecule has 6 aromatic carbocycles. The van der Waals surface area contributed by atoms with E-state index in [1.807, 2.05) is 6.07 Å². The molecule has 3 aliphatic rings. The van der Waals surface area contributed by atoms with Crippen molar-refractivity contribution >= 4 is 62.4 Å². The minimum Gasteiger partial charge on any atom is -0.456 e. The molecule has 0 fully saturated rings. The lowest BCUT2D eigenvalue weighted by molar-refractivity contribution is 0.467. The van der Waals surface area contributed by atoms with Crippen molar-refractivity contribution in [2.75, 3.05) is 4.90 Å². The Labute approximate surface area is 208 Å². The summed E-state index contributed by atoms with van der Waals surface area (Å²) in [5.41, 5.74) is 3.57. The molecule has 0 saturated heterocycles. The Balaban J connectivity index is 1.54. The molecular weight excluding hydrogens is 461 g/mol. The Kier molecular flexibility index (Phi) is 3.50. The topological polar surface area (TPSA) is 21.7 Å². The summed E-state index contributed by atoms with van der Waals surface area (Å²) < 4.78 is 13.3. The second-order valence-corrected chi connectivity index (χ2v) is 11.4. The molecule has 6 aromatic rings. The number of benzene rings is 6. The standard InChI is InChI=1S/C32H18NO2P/c1-2-11-21(12-3-1)33-28-22-13-6-4-9-19(22)17-26-31(28)36-30-24(34-26)15-8-16-25(30)35-27-18-20-10-5-7-14-23(20)29(33)32(27)36/h1-18H. The largest absolute Gasteiger partial charge is 0.456 e. The predicted octanol–water partition coefficient (Wildman–Crippen LogP) is 7.75. The fraction of sp³-hybridized carbons (Fsp3) is 0. The fourth-order valence-corrected chi connectivity index (χ4v) is 8.91. The fourth-order valence-electron chi connectivity index (χ4n) is 6.03. The van der Waals surface area contributed by atoms with E-state index in [1.54, 1.807) is 0 Å². The van der Waals surface area contributed by atoms with Crippen LogP contribution in [0.4, 0.5) is 17.1 Å². The molecule has 0 radical (unpaired) electrons. The van der Waals surface area contributed by atoms with Crippen molar-refractivity contribution in [2.45, 2.75) is 0 Å². The highest BCUT2D eigenvalue weighted by Gasteiger charge is 2.46. The van der Waals surface area contributed by atoms with Crippen molar-refractivity contribution in [2.24, 2.45) is 0 Å². The van der Waals surface area contributed by atoms with Gasteiger partial charge in [0.2, 0.25) is 0 Å². The normalized spacial score (nSPS) is 14.4. The molecule has 0 N–H and O–H groups in total. The van der Waals surface area contributed by atoms with E-state index in [9.17, 15) is 0 Å². The Morgan fingerprint density at radius 2 is 1.00 bits per heavy atom. The molecule has 3 nitrogen and oxygen atoms in total. The number of nitrogens with zero attached hydrogens (tertiary/aromatic N) is 1. The van der Waals surface area contributed by atoms with E-state index in [1.165, 1.54) is 48.8 Å². The quantitative estimate of drug-likeness (QED) is 0.225. The number of hydrogen-bond acceptors (Lipinski definition) is 3. The number of rotatable bonds is 1. The van der Waals surface area contributed by atoms with Crippen LogP contribution in [-0.4, -0.2) is 0 Å². The Morgan fingerprint density at radius 3 is 1.58 bits per heavy atom. The molecule has 0 atom stereocenters. The Bertz CT molecular complexity index is 1800. The molecule has 4 heteroatoms. The van der Waals surface area contributed by atoms with Gasteiger partial charge >= 0.3 is 0 Å². The van der Waals surface area contributed by atoms with Gasteiger partial charge in [-0.3, -0.25) is 0 Å². The molecule has 0 saturated carbocycles. The maximum absolute atomic E-state index is 6.64. The first-order valence-electron chi connectivity index (χ1n) is 12.1. The van der Waals surface area contributed by atoms with Gasteiger partial charge in [0.15, 0.2) is 0 Å². The summed E-state index contributed by atoms with van der Waals surface area (Å²) in [6.07, 6.45) is 0. The molecule has 3 heterocycles. The van der Waals surface area contributed by atoms with E-state index >= 15 is 0 Å².